The van der Waals surface area contributed by atoms with Crippen LogP contribution in [0, 0.1) is 0 Å². The van der Waals surface area contributed by atoms with Gasteiger partial charge >= 0.3 is 0 Å². The van der Waals surface area contributed by atoms with Crippen LogP contribution in [0.1, 0.15) is 26.0 Å². The number of rotatable bonds is 7. The van der Waals surface area contributed by atoms with Gasteiger partial charge in [-0.2, -0.15) is 0 Å². The third-order valence-corrected chi connectivity index (χ3v) is 3.49. The fourth-order valence-corrected chi connectivity index (χ4v) is 2.08. The Kier molecular flexibility index (Phi) is 5.66. The van der Waals surface area contributed by atoms with Crippen LogP contribution in [-0.2, 0) is 11.2 Å². The number of nitrogens with zero attached hydrogens (tertiary/aromatic N) is 2. The van der Waals surface area contributed by atoms with Gasteiger partial charge in [-0.3, -0.25) is 4.79 Å². The summed E-state index contributed by atoms with van der Waals surface area (Å²) in [5.41, 5.74) is 1.42. The third kappa shape index (κ3) is 4.14. The molecule has 22 heavy (non-hydrogen) atoms. The van der Waals surface area contributed by atoms with Gasteiger partial charge in [0.05, 0.1) is 6.10 Å². The molecule has 0 aliphatic rings. The number of pyridine rings is 1. The Morgan fingerprint density at radius 1 is 1.36 bits per heavy atom. The number of aromatic amines is 1. The average Bonchev–Trinajstić information content (AvgIpc) is 2.55. The Balaban J connectivity index is 2.12. The van der Waals surface area contributed by atoms with Gasteiger partial charge in [0.2, 0.25) is 0 Å². The Hall–Kier alpha value is -2.21. The van der Waals surface area contributed by atoms with E-state index in [0.29, 0.717) is 12.4 Å². The monoisotopic (exact) mass is 302 g/mol. The summed E-state index contributed by atoms with van der Waals surface area (Å²) in [6, 6.07) is 5.28. The summed E-state index contributed by atoms with van der Waals surface area (Å²) >= 11 is 0. The van der Waals surface area contributed by atoms with Gasteiger partial charge in [-0.15, -0.1) is 0 Å². The lowest BCUT2D eigenvalue weighted by Crippen LogP contribution is -2.21. The highest BCUT2D eigenvalue weighted by molar-refractivity contribution is 5.55. The van der Waals surface area contributed by atoms with Crippen molar-refractivity contribution in [1.82, 2.24) is 15.0 Å². The molecule has 0 saturated carbocycles. The zero-order valence-electron chi connectivity index (χ0n) is 13.2. The van der Waals surface area contributed by atoms with Gasteiger partial charge in [0.1, 0.15) is 11.6 Å². The summed E-state index contributed by atoms with van der Waals surface area (Å²) in [6.07, 6.45) is 3.53. The predicted octanol–water partition coefficient (Wildman–Crippen LogP) is 2.23. The van der Waals surface area contributed by atoms with Crippen LogP contribution in [0.15, 0.2) is 29.2 Å². The first-order chi connectivity index (χ1) is 10.7. The van der Waals surface area contributed by atoms with Gasteiger partial charge in [0.15, 0.2) is 0 Å². The van der Waals surface area contributed by atoms with E-state index in [0.717, 1.165) is 29.9 Å². The van der Waals surface area contributed by atoms with Gasteiger partial charge < -0.3 is 15.0 Å². The van der Waals surface area contributed by atoms with Crippen LogP contribution in [-0.4, -0.2) is 34.7 Å². The van der Waals surface area contributed by atoms with E-state index < -0.39 is 0 Å². The number of aryl methyl sites for hydroxylation is 1. The Bertz CT molecular complexity index is 648. The first-order valence-electron chi connectivity index (χ1n) is 7.49. The maximum Gasteiger partial charge on any atom is 0.251 e. The summed E-state index contributed by atoms with van der Waals surface area (Å²) < 4.78 is 5.31. The number of methoxy groups -OCH3 is 1. The van der Waals surface area contributed by atoms with Crippen LogP contribution in [0.2, 0.25) is 0 Å². The van der Waals surface area contributed by atoms with E-state index in [2.05, 4.69) is 27.2 Å². The number of hydrogen-bond acceptors (Lipinski definition) is 5. The lowest BCUT2D eigenvalue weighted by molar-refractivity contribution is 0.110. The SMILES string of the molecule is CCc1cc(=O)[nH]c(-c2ccc(NCC(CC)OC)nc2)n1. The van der Waals surface area contributed by atoms with Crippen molar-refractivity contribution in [2.24, 2.45) is 0 Å². The molecule has 0 spiro atoms. The largest absolute Gasteiger partial charge is 0.380 e. The highest BCUT2D eigenvalue weighted by Crippen LogP contribution is 2.15. The number of aromatic nitrogens is 3. The number of nitrogens with one attached hydrogen (secondary N) is 2. The van der Waals surface area contributed by atoms with Crippen LogP contribution in [0.5, 0.6) is 0 Å². The zero-order valence-corrected chi connectivity index (χ0v) is 13.2. The molecule has 0 amide bonds. The number of hydrogen-bond donors (Lipinski definition) is 2. The van der Waals surface area contributed by atoms with Gasteiger partial charge in [-0.25, -0.2) is 9.97 Å². The molecule has 6 heteroatoms. The molecular weight excluding hydrogens is 280 g/mol. The Morgan fingerprint density at radius 2 is 2.18 bits per heavy atom. The molecule has 2 heterocycles. The molecule has 0 bridgehead atoms. The minimum atomic E-state index is -0.144. The van der Waals surface area contributed by atoms with Gasteiger partial charge in [0, 0.05) is 37.2 Å². The maximum atomic E-state index is 11.6. The number of H-pyrrole nitrogens is 1. The number of ether oxygens (including phenoxy) is 1. The van der Waals surface area contributed by atoms with E-state index in [-0.39, 0.29) is 11.7 Å². The van der Waals surface area contributed by atoms with Crippen molar-refractivity contribution >= 4 is 5.82 Å². The van der Waals surface area contributed by atoms with Crippen LogP contribution < -0.4 is 10.9 Å². The molecule has 0 aromatic carbocycles. The summed E-state index contributed by atoms with van der Waals surface area (Å²) in [4.78, 5) is 23.1. The average molecular weight is 302 g/mol. The molecule has 1 atom stereocenters. The second-order valence-corrected chi connectivity index (χ2v) is 5.02. The number of anilines is 1. The second kappa shape index (κ2) is 7.70. The standard InChI is InChI=1S/C16H22N4O2/c1-4-12-8-15(21)20-16(19-12)11-6-7-14(17-9-11)18-10-13(5-2)22-3/h6-9,13H,4-5,10H2,1-3H3,(H,17,18)(H,19,20,21). The van der Waals surface area contributed by atoms with Crippen molar-refractivity contribution in [1.29, 1.82) is 0 Å². The first-order valence-corrected chi connectivity index (χ1v) is 7.49. The molecule has 2 rings (SSSR count). The van der Waals surface area contributed by atoms with Gasteiger partial charge in [-0.05, 0) is 25.0 Å². The lowest BCUT2D eigenvalue weighted by Gasteiger charge is -2.14. The molecule has 0 fully saturated rings. The topological polar surface area (TPSA) is 79.9 Å². The molecule has 1 unspecified atom stereocenters. The molecule has 2 aromatic rings. The van der Waals surface area contributed by atoms with Crippen molar-refractivity contribution in [2.75, 3.05) is 19.0 Å². The Morgan fingerprint density at radius 3 is 2.77 bits per heavy atom. The fraction of sp³-hybridized carbons (Fsp3) is 0.438. The minimum Gasteiger partial charge on any atom is -0.380 e. The molecule has 118 valence electrons. The van der Waals surface area contributed by atoms with Crippen LogP contribution in [0.3, 0.4) is 0 Å². The van der Waals surface area contributed by atoms with E-state index >= 15 is 0 Å². The van der Waals surface area contributed by atoms with E-state index in [4.69, 9.17) is 4.74 Å². The minimum absolute atomic E-state index is 0.144. The van der Waals surface area contributed by atoms with E-state index in [1.807, 2.05) is 19.1 Å². The van der Waals surface area contributed by atoms with Crippen molar-refractivity contribution in [3.05, 3.63) is 40.4 Å². The summed E-state index contributed by atoms with van der Waals surface area (Å²) in [5.74, 6) is 1.32. The van der Waals surface area contributed by atoms with Gasteiger partial charge in [-0.1, -0.05) is 13.8 Å². The Labute approximate surface area is 130 Å². The molecule has 0 saturated heterocycles. The predicted molar refractivity (Wildman–Crippen MR) is 87.0 cm³/mol. The zero-order chi connectivity index (χ0) is 15.9. The second-order valence-electron chi connectivity index (χ2n) is 5.02. The van der Waals surface area contributed by atoms with E-state index in [1.165, 1.54) is 6.07 Å². The van der Waals surface area contributed by atoms with E-state index in [1.54, 1.807) is 13.3 Å². The van der Waals surface area contributed by atoms with Crippen LogP contribution in [0.25, 0.3) is 11.4 Å². The maximum absolute atomic E-state index is 11.6. The van der Waals surface area contributed by atoms with Crippen molar-refractivity contribution in [2.45, 2.75) is 32.8 Å². The van der Waals surface area contributed by atoms with Crippen LogP contribution in [0.4, 0.5) is 5.82 Å². The first kappa shape index (κ1) is 16.2. The molecule has 2 N–H and O–H groups in total. The van der Waals surface area contributed by atoms with E-state index in [9.17, 15) is 4.79 Å². The van der Waals surface area contributed by atoms with Crippen molar-refractivity contribution in [3.8, 4) is 11.4 Å². The summed E-state index contributed by atoms with van der Waals surface area (Å²) in [5, 5.41) is 3.23. The molecule has 0 aliphatic heterocycles. The quantitative estimate of drug-likeness (QED) is 0.820. The van der Waals surface area contributed by atoms with Crippen LogP contribution >= 0.6 is 0 Å². The third-order valence-electron chi connectivity index (χ3n) is 3.49. The molecular formula is C16H22N4O2. The molecule has 2 aromatic heterocycles. The molecule has 0 aliphatic carbocycles. The summed E-state index contributed by atoms with van der Waals surface area (Å²) in [7, 11) is 1.70. The van der Waals surface area contributed by atoms with Crippen molar-refractivity contribution < 1.29 is 4.74 Å². The highest BCUT2D eigenvalue weighted by Gasteiger charge is 2.06. The fourth-order valence-electron chi connectivity index (χ4n) is 2.08. The molecule has 0 radical (unpaired) electrons. The highest BCUT2D eigenvalue weighted by atomic mass is 16.5. The lowest BCUT2D eigenvalue weighted by atomic mass is 10.2. The summed E-state index contributed by atoms with van der Waals surface area (Å²) in [6.45, 7) is 4.76. The normalized spacial score (nSPS) is 12.1. The molecule has 6 nitrogen and oxygen atoms in total. The smallest absolute Gasteiger partial charge is 0.251 e. The van der Waals surface area contributed by atoms with Crippen molar-refractivity contribution in [3.63, 3.8) is 0 Å². The van der Waals surface area contributed by atoms with Gasteiger partial charge in [0.25, 0.3) is 5.56 Å².